The Bertz CT molecular complexity index is 1910. The summed E-state index contributed by atoms with van der Waals surface area (Å²) in [5.41, 5.74) is 3.72. The Morgan fingerprint density at radius 3 is 2.12 bits per heavy atom. The molecule has 1 aliphatic heterocycles. The molecule has 0 spiro atoms. The number of aliphatic imine (C=N–C) groups is 1. The molecule has 2 aromatic carbocycles. The molecular formula is C49H73N7O8. The summed E-state index contributed by atoms with van der Waals surface area (Å²) in [5, 5.41) is 44.8. The number of carbonyl (C=O) groups is 5. The van der Waals surface area contributed by atoms with Gasteiger partial charge in [-0.3, -0.25) is 24.2 Å². The van der Waals surface area contributed by atoms with Gasteiger partial charge < -0.3 is 46.8 Å². The van der Waals surface area contributed by atoms with Crippen LogP contribution in [0.15, 0.2) is 53.7 Å². The normalized spacial score (nSPS) is 17.2. The average molecular weight is 888 g/mol. The minimum atomic E-state index is -1.27. The van der Waals surface area contributed by atoms with Crippen molar-refractivity contribution in [2.45, 2.75) is 147 Å². The molecule has 1 aliphatic carbocycles. The number of amidine groups is 1. The van der Waals surface area contributed by atoms with Gasteiger partial charge in [0.25, 0.3) is 0 Å². The minimum absolute atomic E-state index is 0.00597. The number of nitrogens with one attached hydrogen (secondary N) is 5. The number of phenolic OH excluding ortho intramolecular Hbond substituents is 1. The SMILES string of the molecule is C=C(CNC(=O)CNC(=NC)C(CO)NC(=O)CCCCCCCCCCCCCCC)N(C)C1C(=O)NCC(=O)NC(C(=O)O)Cc2ccc(O)c(c2)-c2cc1ccc2C1CCC1. The van der Waals surface area contributed by atoms with Crippen LogP contribution in [0.3, 0.4) is 0 Å². The van der Waals surface area contributed by atoms with Gasteiger partial charge in [0, 0.05) is 38.2 Å². The van der Waals surface area contributed by atoms with Gasteiger partial charge in [-0.25, -0.2) is 4.79 Å². The first-order valence-corrected chi connectivity index (χ1v) is 23.4. The zero-order chi connectivity index (χ0) is 46.4. The Morgan fingerprint density at radius 2 is 1.53 bits per heavy atom. The van der Waals surface area contributed by atoms with Gasteiger partial charge in [0.05, 0.1) is 26.2 Å². The summed E-state index contributed by atoms with van der Waals surface area (Å²) < 4.78 is 0. The topological polar surface area (TPSA) is 222 Å². The van der Waals surface area contributed by atoms with Crippen molar-refractivity contribution < 1.29 is 39.3 Å². The van der Waals surface area contributed by atoms with Crippen molar-refractivity contribution in [2.24, 2.45) is 4.99 Å². The van der Waals surface area contributed by atoms with E-state index in [2.05, 4.69) is 45.1 Å². The fraction of sp³-hybridized carbons (Fsp3) is 0.592. The van der Waals surface area contributed by atoms with Gasteiger partial charge in [0.2, 0.25) is 23.6 Å². The molecule has 64 heavy (non-hydrogen) atoms. The van der Waals surface area contributed by atoms with E-state index in [0.29, 0.717) is 28.8 Å². The fourth-order valence-electron chi connectivity index (χ4n) is 8.34. The van der Waals surface area contributed by atoms with Crippen LogP contribution in [0, 0.1) is 0 Å². The number of carboxylic acids is 1. The van der Waals surface area contributed by atoms with Crippen LogP contribution in [0.25, 0.3) is 11.1 Å². The van der Waals surface area contributed by atoms with Crippen molar-refractivity contribution in [3.63, 3.8) is 0 Å². The number of hydrogen-bond donors (Lipinski definition) is 8. The fourth-order valence-corrected chi connectivity index (χ4v) is 8.34. The van der Waals surface area contributed by atoms with Crippen molar-refractivity contribution in [1.82, 2.24) is 31.5 Å². The van der Waals surface area contributed by atoms with Crippen molar-refractivity contribution in [2.75, 3.05) is 40.3 Å². The lowest BCUT2D eigenvalue weighted by atomic mass is 9.76. The van der Waals surface area contributed by atoms with Crippen molar-refractivity contribution >= 4 is 35.4 Å². The Balaban J connectivity index is 1.33. The zero-order valence-electron chi connectivity index (χ0n) is 38.3. The predicted molar refractivity (Wildman–Crippen MR) is 250 cm³/mol. The van der Waals surface area contributed by atoms with E-state index in [-0.39, 0.29) is 42.9 Å². The molecule has 4 amide bonds. The number of aliphatic carboxylic acids is 1. The van der Waals surface area contributed by atoms with Crippen LogP contribution in [-0.2, 0) is 30.4 Å². The number of benzene rings is 2. The second-order valence-corrected chi connectivity index (χ2v) is 17.3. The smallest absolute Gasteiger partial charge is 0.326 e. The molecule has 0 saturated heterocycles. The maximum atomic E-state index is 14.0. The van der Waals surface area contributed by atoms with Crippen molar-refractivity contribution in [3.8, 4) is 16.9 Å². The summed E-state index contributed by atoms with van der Waals surface area (Å²) in [6.07, 6.45) is 19.0. The summed E-state index contributed by atoms with van der Waals surface area (Å²) in [5.74, 6) is -2.63. The number of aromatic hydroxyl groups is 1. The molecule has 2 aromatic rings. The Hall–Kier alpha value is -5.44. The van der Waals surface area contributed by atoms with Gasteiger partial charge in [-0.05, 0) is 65.6 Å². The lowest BCUT2D eigenvalue weighted by Crippen LogP contribution is -2.51. The first-order chi connectivity index (χ1) is 30.9. The predicted octanol–water partition coefficient (Wildman–Crippen LogP) is 5.75. The maximum Gasteiger partial charge on any atom is 0.326 e. The number of likely N-dealkylation sites (N-methyl/N-ethyl adjacent to an activating group) is 1. The van der Waals surface area contributed by atoms with Crippen molar-refractivity contribution in [1.29, 1.82) is 0 Å². The maximum absolute atomic E-state index is 14.0. The van der Waals surface area contributed by atoms with Crippen LogP contribution in [0.2, 0.25) is 0 Å². The number of amides is 4. The summed E-state index contributed by atoms with van der Waals surface area (Å²) in [6.45, 7) is 5.22. The van der Waals surface area contributed by atoms with Crippen molar-refractivity contribution in [3.05, 3.63) is 65.4 Å². The molecule has 15 heteroatoms. The summed E-state index contributed by atoms with van der Waals surface area (Å²) in [7, 11) is 3.15. The molecule has 4 rings (SSSR count). The highest BCUT2D eigenvalue weighted by molar-refractivity contribution is 5.94. The molecule has 1 heterocycles. The standard InChI is InChI=1S/C49H73N7O8/c1-5-6-7-8-9-10-11-12-13-14-15-16-17-21-43(59)55-41(32-57)47(50-3)52-30-44(60)51-29-33(2)56(4)46-36-23-24-37(35-19-18-20-35)38(28-36)39-26-34(22-25-42(39)58)27-40(49(63)64)54-45(61)31-53-48(46)62/h22-26,28,35,40-41,46,57-58H,2,5-21,27,29-32H2,1,3-4H3,(H,50,52)(H,51,60)(H,53,62)(H,54,61)(H,55,59)(H,63,64). The van der Waals surface area contributed by atoms with Crippen LogP contribution in [0.5, 0.6) is 5.75 Å². The number of carboxylic acid groups (broad SMARTS) is 1. The number of nitrogens with zero attached hydrogens (tertiary/aromatic N) is 2. The van der Waals surface area contributed by atoms with Crippen LogP contribution < -0.4 is 26.6 Å². The molecule has 0 radical (unpaired) electrons. The van der Waals surface area contributed by atoms with Crippen LogP contribution >= 0.6 is 0 Å². The third kappa shape index (κ3) is 16.0. The van der Waals surface area contributed by atoms with Crippen LogP contribution in [-0.4, -0.2) is 108 Å². The molecule has 1 saturated carbocycles. The number of aliphatic hydroxyl groups is 1. The van der Waals surface area contributed by atoms with E-state index < -0.39 is 55.0 Å². The Labute approximate surface area is 379 Å². The molecule has 2 aliphatic rings. The van der Waals surface area contributed by atoms with Gasteiger partial charge in [-0.1, -0.05) is 115 Å². The minimum Gasteiger partial charge on any atom is -0.507 e. The highest BCUT2D eigenvalue weighted by Gasteiger charge is 2.31. The van der Waals surface area contributed by atoms with Gasteiger partial charge in [-0.2, -0.15) is 0 Å². The van der Waals surface area contributed by atoms with E-state index >= 15 is 0 Å². The Morgan fingerprint density at radius 1 is 0.875 bits per heavy atom. The number of aliphatic hydroxyl groups excluding tert-OH is 1. The lowest BCUT2D eigenvalue weighted by Gasteiger charge is -2.33. The van der Waals surface area contributed by atoms with Gasteiger partial charge in [0.1, 0.15) is 29.7 Å². The zero-order valence-corrected chi connectivity index (χ0v) is 38.3. The summed E-state index contributed by atoms with van der Waals surface area (Å²) >= 11 is 0. The summed E-state index contributed by atoms with van der Waals surface area (Å²) in [4.78, 5) is 70.7. The number of phenols is 1. The number of hydrogen-bond acceptors (Lipinski definition) is 9. The number of rotatable bonds is 25. The molecular weight excluding hydrogens is 815 g/mol. The van der Waals surface area contributed by atoms with Crippen LogP contribution in [0.4, 0.5) is 0 Å². The average Bonchev–Trinajstić information content (AvgIpc) is 3.26. The van der Waals surface area contributed by atoms with E-state index in [4.69, 9.17) is 0 Å². The third-order valence-electron chi connectivity index (χ3n) is 12.4. The first kappa shape index (κ1) is 51.2. The molecule has 352 valence electrons. The number of fused-ring (bicyclic) bond motifs is 5. The van der Waals surface area contributed by atoms with E-state index in [9.17, 15) is 39.3 Å². The lowest BCUT2D eigenvalue weighted by molar-refractivity contribution is -0.141. The molecule has 1 fully saturated rings. The third-order valence-corrected chi connectivity index (χ3v) is 12.4. The summed E-state index contributed by atoms with van der Waals surface area (Å²) in [6, 6.07) is 7.41. The molecule has 15 nitrogen and oxygen atoms in total. The second-order valence-electron chi connectivity index (χ2n) is 17.3. The van der Waals surface area contributed by atoms with E-state index in [1.165, 1.54) is 77.3 Å². The monoisotopic (exact) mass is 888 g/mol. The Kier molecular flexibility index (Phi) is 21.6. The van der Waals surface area contributed by atoms with Gasteiger partial charge in [0.15, 0.2) is 0 Å². The van der Waals surface area contributed by atoms with Gasteiger partial charge in [-0.15, -0.1) is 0 Å². The highest BCUT2D eigenvalue weighted by Crippen LogP contribution is 2.44. The first-order valence-electron chi connectivity index (χ1n) is 23.4. The number of carbonyl (C=O) groups excluding carboxylic acids is 4. The molecule has 8 N–H and O–H groups in total. The largest absolute Gasteiger partial charge is 0.507 e. The molecule has 3 atom stereocenters. The number of unbranched alkanes of at least 4 members (excludes halogenated alkanes) is 12. The molecule has 0 aromatic heterocycles. The second kappa shape index (κ2) is 27.0. The van der Waals surface area contributed by atoms with Gasteiger partial charge >= 0.3 is 5.97 Å². The molecule has 4 bridgehead atoms. The molecule has 3 unspecified atom stereocenters. The van der Waals surface area contributed by atoms with E-state index in [1.54, 1.807) is 24.1 Å². The quantitative estimate of drug-likeness (QED) is 0.0343. The highest BCUT2D eigenvalue weighted by atomic mass is 16.4. The van der Waals surface area contributed by atoms with E-state index in [1.807, 2.05) is 18.2 Å². The van der Waals surface area contributed by atoms with Crippen LogP contribution in [0.1, 0.15) is 145 Å². The van der Waals surface area contributed by atoms with E-state index in [0.717, 1.165) is 49.7 Å².